The van der Waals surface area contributed by atoms with Gasteiger partial charge in [0, 0.05) is 19.0 Å². The van der Waals surface area contributed by atoms with E-state index >= 15 is 0 Å². The fraction of sp³-hybridized carbons (Fsp3) is 0.857. The normalized spacial score (nSPS) is 23.1. The van der Waals surface area contributed by atoms with E-state index in [0.717, 1.165) is 25.8 Å². The van der Waals surface area contributed by atoms with Crippen LogP contribution in [-0.2, 0) is 4.79 Å². The summed E-state index contributed by atoms with van der Waals surface area (Å²) in [6, 6.07) is 2.12. The molecule has 102 valence electrons. The molecule has 0 heterocycles. The van der Waals surface area contributed by atoms with Gasteiger partial charge >= 0.3 is 0 Å². The third kappa shape index (κ3) is 3.99. The van der Waals surface area contributed by atoms with Gasteiger partial charge < -0.3 is 10.6 Å². The van der Waals surface area contributed by atoms with Crippen molar-refractivity contribution in [2.24, 2.45) is 23.5 Å². The van der Waals surface area contributed by atoms with E-state index in [2.05, 4.69) is 19.9 Å². The molecular formula is C14H25N3O. The molecule has 0 aliphatic heterocycles. The van der Waals surface area contributed by atoms with Gasteiger partial charge in [-0.25, -0.2) is 0 Å². The third-order valence-corrected chi connectivity index (χ3v) is 3.67. The second kappa shape index (κ2) is 7.38. The summed E-state index contributed by atoms with van der Waals surface area (Å²) in [5.41, 5.74) is 5.74. The lowest BCUT2D eigenvalue weighted by Gasteiger charge is -2.28. The molecule has 1 amide bonds. The lowest BCUT2D eigenvalue weighted by Crippen LogP contribution is -2.41. The summed E-state index contributed by atoms with van der Waals surface area (Å²) in [5.74, 6) is 1.08. The topological polar surface area (TPSA) is 70.1 Å². The zero-order chi connectivity index (χ0) is 13.5. The Morgan fingerprint density at radius 1 is 1.50 bits per heavy atom. The second-order valence-electron chi connectivity index (χ2n) is 5.62. The summed E-state index contributed by atoms with van der Waals surface area (Å²) < 4.78 is 0. The van der Waals surface area contributed by atoms with Gasteiger partial charge in [-0.1, -0.05) is 20.3 Å². The molecule has 0 aromatic rings. The molecule has 1 rings (SSSR count). The molecule has 1 fully saturated rings. The number of rotatable bonds is 6. The highest BCUT2D eigenvalue weighted by atomic mass is 16.2. The molecule has 1 aliphatic rings. The quantitative estimate of drug-likeness (QED) is 0.782. The Kier molecular flexibility index (Phi) is 6.14. The van der Waals surface area contributed by atoms with Crippen LogP contribution in [0.25, 0.3) is 0 Å². The largest absolute Gasteiger partial charge is 0.341 e. The molecule has 4 nitrogen and oxygen atoms in total. The monoisotopic (exact) mass is 251 g/mol. The van der Waals surface area contributed by atoms with Crippen LogP contribution in [0.4, 0.5) is 0 Å². The first-order chi connectivity index (χ1) is 8.60. The molecule has 2 atom stereocenters. The van der Waals surface area contributed by atoms with Gasteiger partial charge in [-0.3, -0.25) is 4.79 Å². The molecule has 4 heteroatoms. The van der Waals surface area contributed by atoms with E-state index in [0.29, 0.717) is 31.3 Å². The van der Waals surface area contributed by atoms with Crippen LogP contribution in [-0.4, -0.2) is 30.4 Å². The van der Waals surface area contributed by atoms with Gasteiger partial charge in [0.25, 0.3) is 0 Å². The van der Waals surface area contributed by atoms with Crippen molar-refractivity contribution >= 4 is 5.91 Å². The second-order valence-corrected chi connectivity index (χ2v) is 5.62. The summed E-state index contributed by atoms with van der Waals surface area (Å²) in [4.78, 5) is 14.4. The van der Waals surface area contributed by atoms with Crippen molar-refractivity contribution in [2.45, 2.75) is 39.5 Å². The predicted octanol–water partition coefficient (Wildman–Crippen LogP) is 1.76. The highest BCUT2D eigenvalue weighted by Gasteiger charge is 2.34. The van der Waals surface area contributed by atoms with Gasteiger partial charge in [0.2, 0.25) is 5.91 Å². The fourth-order valence-corrected chi connectivity index (χ4v) is 2.80. The summed E-state index contributed by atoms with van der Waals surface area (Å²) in [7, 11) is 0. The van der Waals surface area contributed by atoms with E-state index in [1.807, 2.05) is 4.90 Å². The van der Waals surface area contributed by atoms with Crippen LogP contribution in [0.5, 0.6) is 0 Å². The number of hydrogen-bond donors (Lipinski definition) is 1. The Balaban J connectivity index is 2.65. The summed E-state index contributed by atoms with van der Waals surface area (Å²) in [6.45, 7) is 6.10. The maximum Gasteiger partial charge on any atom is 0.226 e. The fourth-order valence-electron chi connectivity index (χ4n) is 2.80. The van der Waals surface area contributed by atoms with E-state index in [1.165, 1.54) is 0 Å². The number of nitriles is 1. The smallest absolute Gasteiger partial charge is 0.226 e. The molecule has 0 spiro atoms. The highest BCUT2D eigenvalue weighted by Crippen LogP contribution is 2.32. The van der Waals surface area contributed by atoms with E-state index in [4.69, 9.17) is 11.0 Å². The van der Waals surface area contributed by atoms with E-state index in [1.54, 1.807) is 0 Å². The van der Waals surface area contributed by atoms with Crippen molar-refractivity contribution < 1.29 is 4.79 Å². The first kappa shape index (κ1) is 15.0. The Labute approximate surface area is 110 Å². The Hall–Kier alpha value is -1.08. The molecule has 2 unspecified atom stereocenters. The molecule has 1 saturated carbocycles. The number of carbonyl (C=O) groups is 1. The third-order valence-electron chi connectivity index (χ3n) is 3.67. The van der Waals surface area contributed by atoms with Crippen LogP contribution in [0.2, 0.25) is 0 Å². The van der Waals surface area contributed by atoms with Gasteiger partial charge in [0.15, 0.2) is 0 Å². The average molecular weight is 251 g/mol. The minimum atomic E-state index is 0.0902. The van der Waals surface area contributed by atoms with Crippen molar-refractivity contribution in [2.75, 3.05) is 19.6 Å². The van der Waals surface area contributed by atoms with Gasteiger partial charge in [0.05, 0.1) is 12.5 Å². The lowest BCUT2D eigenvalue weighted by atomic mass is 9.94. The van der Waals surface area contributed by atoms with Crippen LogP contribution in [0.1, 0.15) is 39.5 Å². The standard InChI is InChI=1S/C14H25N3O/c1-11(2)10-17(8-4-7-15)14(18)13-6-3-5-12(13)9-16/h11-13H,3-6,8-10,16H2,1-2H3. The number of nitrogens with zero attached hydrogens (tertiary/aromatic N) is 2. The molecule has 0 bridgehead atoms. The molecule has 0 radical (unpaired) electrons. The summed E-state index contributed by atoms with van der Waals surface area (Å²) in [6.07, 6.45) is 3.55. The number of nitrogens with two attached hydrogens (primary N) is 1. The van der Waals surface area contributed by atoms with Crippen LogP contribution < -0.4 is 5.73 Å². The Bertz CT molecular complexity index is 309. The minimum absolute atomic E-state index is 0.0902. The molecular weight excluding hydrogens is 226 g/mol. The minimum Gasteiger partial charge on any atom is -0.341 e. The predicted molar refractivity (Wildman–Crippen MR) is 71.5 cm³/mol. The SMILES string of the molecule is CC(C)CN(CCC#N)C(=O)C1CCCC1CN. The van der Waals surface area contributed by atoms with Crippen molar-refractivity contribution in [1.82, 2.24) is 4.90 Å². The van der Waals surface area contributed by atoms with Crippen LogP contribution >= 0.6 is 0 Å². The molecule has 2 N–H and O–H groups in total. The van der Waals surface area contributed by atoms with Crippen molar-refractivity contribution in [3.05, 3.63) is 0 Å². The van der Waals surface area contributed by atoms with Gasteiger partial charge in [-0.2, -0.15) is 5.26 Å². The zero-order valence-corrected chi connectivity index (χ0v) is 11.6. The van der Waals surface area contributed by atoms with Crippen LogP contribution in [0, 0.1) is 29.1 Å². The number of hydrogen-bond acceptors (Lipinski definition) is 3. The van der Waals surface area contributed by atoms with E-state index in [-0.39, 0.29) is 11.8 Å². The van der Waals surface area contributed by atoms with Crippen LogP contribution in [0.15, 0.2) is 0 Å². The molecule has 0 aromatic heterocycles. The maximum absolute atomic E-state index is 12.5. The first-order valence-corrected chi connectivity index (χ1v) is 6.96. The van der Waals surface area contributed by atoms with Gasteiger partial charge in [0.1, 0.15) is 0 Å². The van der Waals surface area contributed by atoms with E-state index < -0.39 is 0 Å². The Morgan fingerprint density at radius 3 is 2.78 bits per heavy atom. The molecule has 1 aliphatic carbocycles. The van der Waals surface area contributed by atoms with Crippen molar-refractivity contribution in [1.29, 1.82) is 5.26 Å². The number of carbonyl (C=O) groups excluding carboxylic acids is 1. The molecule has 18 heavy (non-hydrogen) atoms. The van der Waals surface area contributed by atoms with Gasteiger partial charge in [-0.15, -0.1) is 0 Å². The average Bonchev–Trinajstić information content (AvgIpc) is 2.81. The lowest BCUT2D eigenvalue weighted by molar-refractivity contribution is -0.137. The first-order valence-electron chi connectivity index (χ1n) is 6.96. The van der Waals surface area contributed by atoms with Crippen molar-refractivity contribution in [3.63, 3.8) is 0 Å². The zero-order valence-electron chi connectivity index (χ0n) is 11.6. The molecule has 0 saturated heterocycles. The van der Waals surface area contributed by atoms with E-state index in [9.17, 15) is 4.79 Å². The summed E-state index contributed by atoms with van der Waals surface area (Å²) >= 11 is 0. The maximum atomic E-state index is 12.5. The van der Waals surface area contributed by atoms with Gasteiger partial charge in [-0.05, 0) is 31.2 Å². The molecule has 0 aromatic carbocycles. The highest BCUT2D eigenvalue weighted by molar-refractivity contribution is 5.79. The van der Waals surface area contributed by atoms with Crippen LogP contribution in [0.3, 0.4) is 0 Å². The summed E-state index contributed by atoms with van der Waals surface area (Å²) in [5, 5.41) is 8.69. The van der Waals surface area contributed by atoms with Crippen molar-refractivity contribution in [3.8, 4) is 6.07 Å². The number of amides is 1. The Morgan fingerprint density at radius 2 is 2.22 bits per heavy atom.